The van der Waals surface area contributed by atoms with Crippen molar-refractivity contribution >= 4 is 23.3 Å². The molecule has 1 amide bonds. The van der Waals surface area contributed by atoms with Crippen LogP contribution in [-0.2, 0) is 7.05 Å². The predicted molar refractivity (Wildman–Crippen MR) is 97.8 cm³/mol. The number of fused-ring (bicyclic) bond motifs is 1. The van der Waals surface area contributed by atoms with E-state index in [1.54, 1.807) is 6.20 Å². The second-order valence-electron chi connectivity index (χ2n) is 6.49. The minimum absolute atomic E-state index is 0.00861. The number of imidazole rings is 2. The first-order valence-electron chi connectivity index (χ1n) is 8.56. The van der Waals surface area contributed by atoms with Crippen molar-refractivity contribution < 1.29 is 4.79 Å². The number of aryl methyl sites for hydroxylation is 1. The lowest BCUT2D eigenvalue weighted by Gasteiger charge is -2.28. The zero-order valence-electron chi connectivity index (χ0n) is 14.1. The van der Waals surface area contributed by atoms with Crippen molar-refractivity contribution in [1.29, 1.82) is 0 Å². The van der Waals surface area contributed by atoms with Gasteiger partial charge in [-0.25, -0.2) is 9.97 Å². The van der Waals surface area contributed by atoms with E-state index >= 15 is 0 Å². The van der Waals surface area contributed by atoms with Gasteiger partial charge in [0, 0.05) is 54.9 Å². The Hall–Kier alpha value is -2.28. The molecule has 1 saturated carbocycles. The molecule has 0 spiro atoms. The molecule has 0 bridgehead atoms. The quantitative estimate of drug-likeness (QED) is 0.782. The number of hydrogen-bond donors (Lipinski definition) is 1. The summed E-state index contributed by atoms with van der Waals surface area (Å²) in [5.74, 6) is -0.00861. The first-order valence-corrected chi connectivity index (χ1v) is 9.44. The number of carbonyl (C=O) groups is 1. The number of hydrogen-bond acceptors (Lipinski definition) is 4. The highest BCUT2D eigenvalue weighted by Crippen LogP contribution is 2.32. The van der Waals surface area contributed by atoms with Crippen LogP contribution in [0, 0.1) is 0 Å². The van der Waals surface area contributed by atoms with Crippen molar-refractivity contribution in [2.75, 3.05) is 0 Å². The molecule has 0 atom stereocenters. The van der Waals surface area contributed by atoms with E-state index in [0.717, 1.165) is 36.5 Å². The number of amides is 1. The second-order valence-corrected chi connectivity index (χ2v) is 7.76. The maximum atomic E-state index is 12.5. The molecule has 0 aliphatic heterocycles. The summed E-state index contributed by atoms with van der Waals surface area (Å²) < 4.78 is 3.96. The van der Waals surface area contributed by atoms with Crippen molar-refractivity contribution in [3.05, 3.63) is 48.7 Å². The molecule has 0 aromatic carbocycles. The molecule has 4 rings (SSSR count). The first-order chi connectivity index (χ1) is 12.2. The molecule has 0 unspecified atom stereocenters. The summed E-state index contributed by atoms with van der Waals surface area (Å²) in [6.07, 6.45) is 13.5. The van der Waals surface area contributed by atoms with E-state index in [1.807, 2.05) is 60.1 Å². The van der Waals surface area contributed by atoms with Crippen LogP contribution in [0.4, 0.5) is 0 Å². The number of thioether (sulfide) groups is 1. The molecule has 0 saturated heterocycles. The van der Waals surface area contributed by atoms with E-state index in [-0.39, 0.29) is 11.9 Å². The number of rotatable bonds is 4. The molecular weight excluding hydrogens is 334 g/mol. The van der Waals surface area contributed by atoms with Gasteiger partial charge in [0.05, 0.1) is 0 Å². The van der Waals surface area contributed by atoms with E-state index in [4.69, 9.17) is 0 Å². The van der Waals surface area contributed by atoms with Crippen LogP contribution < -0.4 is 5.32 Å². The van der Waals surface area contributed by atoms with E-state index in [1.165, 1.54) is 0 Å². The van der Waals surface area contributed by atoms with Crippen LogP contribution in [0.2, 0.25) is 0 Å². The smallest absolute Gasteiger partial charge is 0.251 e. The molecule has 7 heteroatoms. The highest BCUT2D eigenvalue weighted by atomic mass is 32.2. The van der Waals surface area contributed by atoms with Gasteiger partial charge in [-0.15, -0.1) is 0 Å². The van der Waals surface area contributed by atoms with Crippen molar-refractivity contribution in [3.63, 3.8) is 0 Å². The zero-order chi connectivity index (χ0) is 17.2. The number of aromatic nitrogens is 4. The van der Waals surface area contributed by atoms with E-state index in [0.29, 0.717) is 10.8 Å². The normalized spacial score (nSPS) is 20.7. The Morgan fingerprint density at radius 1 is 1.16 bits per heavy atom. The van der Waals surface area contributed by atoms with Crippen LogP contribution in [0.3, 0.4) is 0 Å². The topological polar surface area (TPSA) is 64.2 Å². The SMILES string of the molecule is Cn1ccnc1SC1CCC(NC(=O)c2ccn3ccnc3c2)CC1. The van der Waals surface area contributed by atoms with Crippen LogP contribution >= 0.6 is 11.8 Å². The zero-order valence-corrected chi connectivity index (χ0v) is 14.9. The molecule has 3 aromatic heterocycles. The maximum Gasteiger partial charge on any atom is 0.251 e. The summed E-state index contributed by atoms with van der Waals surface area (Å²) in [6, 6.07) is 3.92. The van der Waals surface area contributed by atoms with Gasteiger partial charge in [0.2, 0.25) is 0 Å². The number of pyridine rings is 1. The van der Waals surface area contributed by atoms with Gasteiger partial charge in [0.1, 0.15) is 5.65 Å². The molecule has 1 N–H and O–H groups in total. The van der Waals surface area contributed by atoms with E-state index in [2.05, 4.69) is 19.9 Å². The monoisotopic (exact) mass is 355 g/mol. The fraction of sp³-hybridized carbons (Fsp3) is 0.389. The fourth-order valence-corrected chi connectivity index (χ4v) is 4.41. The Balaban J connectivity index is 1.32. The predicted octanol–water partition coefficient (Wildman–Crippen LogP) is 2.90. The Labute approximate surface area is 150 Å². The van der Waals surface area contributed by atoms with E-state index in [9.17, 15) is 4.79 Å². The Kier molecular flexibility index (Phi) is 4.48. The van der Waals surface area contributed by atoms with Gasteiger partial charge in [-0.2, -0.15) is 0 Å². The molecule has 25 heavy (non-hydrogen) atoms. The molecule has 1 aliphatic carbocycles. The minimum atomic E-state index is -0.00861. The molecule has 130 valence electrons. The molecule has 1 aliphatic rings. The molecular formula is C18H21N5OS. The van der Waals surface area contributed by atoms with Gasteiger partial charge in [-0.3, -0.25) is 4.79 Å². The lowest BCUT2D eigenvalue weighted by atomic mass is 9.95. The van der Waals surface area contributed by atoms with Crippen LogP contribution in [0.25, 0.3) is 5.65 Å². The average molecular weight is 355 g/mol. The molecule has 0 radical (unpaired) electrons. The highest BCUT2D eigenvalue weighted by molar-refractivity contribution is 7.99. The summed E-state index contributed by atoms with van der Waals surface area (Å²) in [5.41, 5.74) is 1.46. The van der Waals surface area contributed by atoms with Crippen LogP contribution in [0.1, 0.15) is 36.0 Å². The molecule has 1 fully saturated rings. The van der Waals surface area contributed by atoms with Crippen LogP contribution in [-0.4, -0.2) is 36.1 Å². The van der Waals surface area contributed by atoms with Crippen LogP contribution in [0.15, 0.2) is 48.3 Å². The summed E-state index contributed by atoms with van der Waals surface area (Å²) in [4.78, 5) is 21.1. The first kappa shape index (κ1) is 16.2. The summed E-state index contributed by atoms with van der Waals surface area (Å²) in [5, 5.41) is 4.83. The van der Waals surface area contributed by atoms with Crippen LogP contribution in [0.5, 0.6) is 0 Å². The van der Waals surface area contributed by atoms with Crippen molar-refractivity contribution in [3.8, 4) is 0 Å². The average Bonchev–Trinajstić information content (AvgIpc) is 3.25. The third-order valence-electron chi connectivity index (χ3n) is 4.72. The molecule has 3 heterocycles. The number of carbonyl (C=O) groups excluding carboxylic acids is 1. The lowest BCUT2D eigenvalue weighted by molar-refractivity contribution is 0.0928. The summed E-state index contributed by atoms with van der Waals surface area (Å²) in [7, 11) is 2.03. The third-order valence-corrected chi connectivity index (χ3v) is 6.13. The third kappa shape index (κ3) is 3.56. The Morgan fingerprint density at radius 3 is 2.72 bits per heavy atom. The molecule has 6 nitrogen and oxygen atoms in total. The van der Waals surface area contributed by atoms with Gasteiger partial charge < -0.3 is 14.3 Å². The maximum absolute atomic E-state index is 12.5. The van der Waals surface area contributed by atoms with Gasteiger partial charge in [-0.1, -0.05) is 11.8 Å². The van der Waals surface area contributed by atoms with Gasteiger partial charge in [0.15, 0.2) is 5.16 Å². The Bertz CT molecular complexity index is 878. The number of nitrogens with zero attached hydrogens (tertiary/aromatic N) is 4. The lowest BCUT2D eigenvalue weighted by Crippen LogP contribution is -2.38. The number of nitrogens with one attached hydrogen (secondary N) is 1. The highest BCUT2D eigenvalue weighted by Gasteiger charge is 2.24. The summed E-state index contributed by atoms with van der Waals surface area (Å²) >= 11 is 1.85. The summed E-state index contributed by atoms with van der Waals surface area (Å²) in [6.45, 7) is 0. The van der Waals surface area contributed by atoms with Gasteiger partial charge in [0.25, 0.3) is 5.91 Å². The minimum Gasteiger partial charge on any atom is -0.349 e. The fourth-order valence-electron chi connectivity index (χ4n) is 3.26. The molecule has 3 aromatic rings. The van der Waals surface area contributed by atoms with Gasteiger partial charge >= 0.3 is 0 Å². The van der Waals surface area contributed by atoms with Gasteiger partial charge in [-0.05, 0) is 37.8 Å². The second kappa shape index (κ2) is 6.92. The standard InChI is InChI=1S/C18H21N5OS/c1-22-10-7-20-18(22)25-15-4-2-14(3-5-15)21-17(24)13-6-9-23-11-8-19-16(23)12-13/h6-12,14-15H,2-5H2,1H3,(H,21,24). The van der Waals surface area contributed by atoms with Crippen molar-refractivity contribution in [2.24, 2.45) is 7.05 Å². The van der Waals surface area contributed by atoms with Crippen molar-refractivity contribution in [2.45, 2.75) is 42.1 Å². The largest absolute Gasteiger partial charge is 0.349 e. The Morgan fingerprint density at radius 2 is 1.96 bits per heavy atom. The van der Waals surface area contributed by atoms with Crippen molar-refractivity contribution in [1.82, 2.24) is 24.3 Å². The van der Waals surface area contributed by atoms with E-state index < -0.39 is 0 Å².